The number of aliphatic hydroxyl groups is 1. The lowest BCUT2D eigenvalue weighted by Crippen LogP contribution is -2.49. The second-order valence-corrected chi connectivity index (χ2v) is 6.04. The van der Waals surface area contributed by atoms with E-state index in [2.05, 4.69) is 0 Å². The Morgan fingerprint density at radius 3 is 2.25 bits per heavy atom. The van der Waals surface area contributed by atoms with Gasteiger partial charge in [-0.1, -0.05) is 12.1 Å². The molecule has 1 aromatic carbocycles. The van der Waals surface area contributed by atoms with Crippen LogP contribution in [-0.2, 0) is 0 Å². The van der Waals surface area contributed by atoms with Gasteiger partial charge in [-0.2, -0.15) is 13.2 Å². The van der Waals surface area contributed by atoms with Gasteiger partial charge in [-0.15, -0.1) is 0 Å². The van der Waals surface area contributed by atoms with Crippen LogP contribution < -0.4 is 0 Å². The first-order chi connectivity index (χ1) is 11.3. The Kier molecular flexibility index (Phi) is 4.35. The third kappa shape index (κ3) is 2.91. The van der Waals surface area contributed by atoms with Crippen molar-refractivity contribution in [3.63, 3.8) is 0 Å². The van der Waals surface area contributed by atoms with Crippen LogP contribution in [0.2, 0.25) is 0 Å². The van der Waals surface area contributed by atoms with E-state index < -0.39 is 30.1 Å². The predicted molar refractivity (Wildman–Crippen MR) is 78.5 cm³/mol. The number of imide groups is 1. The number of hydrogen-bond donors (Lipinski definition) is 1. The van der Waals surface area contributed by atoms with E-state index in [1.807, 2.05) is 0 Å². The van der Waals surface area contributed by atoms with Crippen LogP contribution in [-0.4, -0.2) is 64.7 Å². The van der Waals surface area contributed by atoms with Crippen LogP contribution in [0.5, 0.6) is 0 Å². The zero-order valence-corrected chi connectivity index (χ0v) is 12.8. The van der Waals surface area contributed by atoms with Crippen molar-refractivity contribution >= 4 is 11.8 Å². The predicted octanol–water partition coefficient (Wildman–Crippen LogP) is 1.67. The molecule has 0 radical (unpaired) electrons. The van der Waals surface area contributed by atoms with E-state index in [1.54, 1.807) is 24.3 Å². The Bertz CT molecular complexity index is 627. The molecule has 24 heavy (non-hydrogen) atoms. The van der Waals surface area contributed by atoms with Gasteiger partial charge in [-0.25, -0.2) is 0 Å². The number of rotatable bonds is 4. The summed E-state index contributed by atoms with van der Waals surface area (Å²) in [5.41, 5.74) is 0.631. The lowest BCUT2D eigenvalue weighted by atomic mass is 10.1. The molecular weight excluding hydrogens is 325 g/mol. The first kappa shape index (κ1) is 16.9. The summed E-state index contributed by atoms with van der Waals surface area (Å²) in [7, 11) is 0. The first-order valence-electron chi connectivity index (χ1n) is 7.75. The Balaban J connectivity index is 1.66. The zero-order chi connectivity index (χ0) is 17.5. The van der Waals surface area contributed by atoms with Crippen LogP contribution in [0, 0.1) is 0 Å². The van der Waals surface area contributed by atoms with Gasteiger partial charge in [0.1, 0.15) is 0 Å². The van der Waals surface area contributed by atoms with E-state index in [4.69, 9.17) is 0 Å². The summed E-state index contributed by atoms with van der Waals surface area (Å²) in [4.78, 5) is 27.0. The third-order valence-corrected chi connectivity index (χ3v) is 4.60. The molecule has 3 rings (SSSR count). The standard InChI is InChI=1S/C16H17F3N2O3/c17-16(18,19)13(22)12-6-3-7-20(12)8-9-21-14(23)10-4-1-2-5-11(10)15(21)24/h1-2,4-5,12-13,22H,3,6-9H2/t12-,13+/m0/s1. The van der Waals surface area contributed by atoms with Crippen molar-refractivity contribution in [3.05, 3.63) is 35.4 Å². The van der Waals surface area contributed by atoms with Crippen molar-refractivity contribution in [2.45, 2.75) is 31.2 Å². The number of carbonyl (C=O) groups excluding carboxylic acids is 2. The summed E-state index contributed by atoms with van der Waals surface area (Å²) in [6.07, 6.45) is -6.31. The summed E-state index contributed by atoms with van der Waals surface area (Å²) >= 11 is 0. The van der Waals surface area contributed by atoms with Gasteiger partial charge in [0.25, 0.3) is 11.8 Å². The second kappa shape index (κ2) is 6.18. The largest absolute Gasteiger partial charge is 0.415 e. The number of fused-ring (bicyclic) bond motifs is 1. The fourth-order valence-electron chi connectivity index (χ4n) is 3.38. The molecule has 1 aromatic rings. The monoisotopic (exact) mass is 342 g/mol. The molecule has 0 spiro atoms. The molecule has 130 valence electrons. The van der Waals surface area contributed by atoms with Gasteiger partial charge < -0.3 is 5.11 Å². The fraction of sp³-hybridized carbons (Fsp3) is 0.500. The van der Waals surface area contributed by atoms with Crippen molar-refractivity contribution in [1.29, 1.82) is 0 Å². The lowest BCUT2D eigenvalue weighted by molar-refractivity contribution is -0.219. The number of nitrogens with zero attached hydrogens (tertiary/aromatic N) is 2. The van der Waals surface area contributed by atoms with E-state index in [-0.39, 0.29) is 19.5 Å². The van der Waals surface area contributed by atoms with Crippen LogP contribution in [0.25, 0.3) is 0 Å². The minimum absolute atomic E-state index is 0.00736. The van der Waals surface area contributed by atoms with Crippen LogP contribution in [0.4, 0.5) is 13.2 Å². The van der Waals surface area contributed by atoms with Crippen molar-refractivity contribution < 1.29 is 27.9 Å². The minimum atomic E-state index is -4.68. The molecule has 2 aliphatic heterocycles. The molecule has 0 unspecified atom stereocenters. The summed E-state index contributed by atoms with van der Waals surface area (Å²) in [6.45, 7) is 0.525. The van der Waals surface area contributed by atoms with E-state index >= 15 is 0 Å². The smallest absolute Gasteiger partial charge is 0.382 e. The maximum Gasteiger partial charge on any atom is 0.415 e. The lowest BCUT2D eigenvalue weighted by Gasteiger charge is -2.30. The van der Waals surface area contributed by atoms with Crippen molar-refractivity contribution in [2.24, 2.45) is 0 Å². The molecule has 0 aliphatic carbocycles. The van der Waals surface area contributed by atoms with Crippen LogP contribution in [0.15, 0.2) is 24.3 Å². The average Bonchev–Trinajstić information content (AvgIpc) is 3.09. The normalized spacial score (nSPS) is 23.0. The summed E-state index contributed by atoms with van der Waals surface area (Å²) in [5.74, 6) is -0.856. The molecule has 2 atom stereocenters. The molecule has 2 heterocycles. The average molecular weight is 342 g/mol. The number of hydrogen-bond acceptors (Lipinski definition) is 4. The maximum atomic E-state index is 12.7. The number of benzene rings is 1. The number of carbonyl (C=O) groups is 2. The highest BCUT2D eigenvalue weighted by Gasteiger charge is 2.47. The molecule has 2 aliphatic rings. The van der Waals surface area contributed by atoms with Gasteiger partial charge in [0.05, 0.1) is 11.1 Å². The van der Waals surface area contributed by atoms with Crippen LogP contribution in [0.3, 0.4) is 0 Å². The molecular formula is C16H17F3N2O3. The molecule has 0 bridgehead atoms. The van der Waals surface area contributed by atoms with Crippen molar-refractivity contribution in [2.75, 3.05) is 19.6 Å². The number of amides is 2. The zero-order valence-electron chi connectivity index (χ0n) is 12.8. The molecule has 5 nitrogen and oxygen atoms in total. The first-order valence-corrected chi connectivity index (χ1v) is 7.75. The Morgan fingerprint density at radius 2 is 1.71 bits per heavy atom. The molecule has 8 heteroatoms. The minimum Gasteiger partial charge on any atom is -0.382 e. The number of halogens is 3. The second-order valence-electron chi connectivity index (χ2n) is 6.04. The van der Waals surface area contributed by atoms with Gasteiger partial charge in [0.15, 0.2) is 6.10 Å². The fourth-order valence-corrected chi connectivity index (χ4v) is 3.38. The van der Waals surface area contributed by atoms with E-state index in [1.165, 1.54) is 4.90 Å². The summed E-state index contributed by atoms with van der Waals surface area (Å²) in [5, 5.41) is 9.48. The molecule has 1 saturated heterocycles. The van der Waals surface area contributed by atoms with E-state index in [9.17, 15) is 27.9 Å². The molecule has 2 amide bonds. The Labute approximate surface area is 136 Å². The van der Waals surface area contributed by atoms with Crippen LogP contribution >= 0.6 is 0 Å². The van der Waals surface area contributed by atoms with Crippen LogP contribution in [0.1, 0.15) is 33.6 Å². The summed E-state index contributed by atoms with van der Waals surface area (Å²) in [6, 6.07) is 5.40. The SMILES string of the molecule is O=C1c2ccccc2C(=O)N1CCN1CCC[C@H]1[C@@H](O)C(F)(F)F. The molecule has 0 aromatic heterocycles. The van der Waals surface area contributed by atoms with E-state index in [0.717, 1.165) is 4.90 Å². The molecule has 1 fully saturated rings. The van der Waals surface area contributed by atoms with E-state index in [0.29, 0.717) is 24.1 Å². The topological polar surface area (TPSA) is 60.9 Å². The molecule has 1 N–H and O–H groups in total. The number of likely N-dealkylation sites (tertiary alicyclic amines) is 1. The number of alkyl halides is 3. The Hall–Kier alpha value is -1.93. The summed E-state index contributed by atoms with van der Waals surface area (Å²) < 4.78 is 38.2. The number of aliphatic hydroxyl groups excluding tert-OH is 1. The van der Waals surface area contributed by atoms with Crippen molar-refractivity contribution in [1.82, 2.24) is 9.80 Å². The van der Waals surface area contributed by atoms with Gasteiger partial charge in [-0.05, 0) is 31.5 Å². The van der Waals surface area contributed by atoms with Gasteiger partial charge in [0, 0.05) is 19.1 Å². The van der Waals surface area contributed by atoms with Gasteiger partial charge in [0.2, 0.25) is 0 Å². The van der Waals surface area contributed by atoms with Gasteiger partial charge in [-0.3, -0.25) is 19.4 Å². The van der Waals surface area contributed by atoms with Crippen molar-refractivity contribution in [3.8, 4) is 0 Å². The third-order valence-electron chi connectivity index (χ3n) is 4.60. The highest BCUT2D eigenvalue weighted by molar-refractivity contribution is 6.21. The van der Waals surface area contributed by atoms with Gasteiger partial charge >= 0.3 is 6.18 Å². The maximum absolute atomic E-state index is 12.7. The highest BCUT2D eigenvalue weighted by Crippen LogP contribution is 2.30. The quantitative estimate of drug-likeness (QED) is 0.846. The molecule has 0 saturated carbocycles. The highest BCUT2D eigenvalue weighted by atomic mass is 19.4. The Morgan fingerprint density at radius 1 is 1.12 bits per heavy atom.